The summed E-state index contributed by atoms with van der Waals surface area (Å²) in [6.45, 7) is 0. The average Bonchev–Trinajstić information content (AvgIpc) is 1.35. The highest BCUT2D eigenvalue weighted by Crippen LogP contribution is 1.89. The van der Waals surface area contributed by atoms with Gasteiger partial charge in [0, 0.05) is 21.1 Å². The summed E-state index contributed by atoms with van der Waals surface area (Å²) in [5, 5.41) is 2.09. The third-order valence-electron chi connectivity index (χ3n) is 0.293. The van der Waals surface area contributed by atoms with Crippen molar-refractivity contribution in [3.05, 3.63) is 0 Å². The number of nitrogens with zero attached hydrogens (tertiary/aromatic N) is 1. The van der Waals surface area contributed by atoms with Crippen LogP contribution in [0.1, 0.15) is 0 Å². The Bertz CT molecular complexity index is 40.5. The van der Waals surface area contributed by atoms with E-state index >= 15 is 0 Å². The minimum absolute atomic E-state index is 0.931. The largest absolute Gasteiger partial charge is 0.558 e. The Balaban J connectivity index is 3.17. The van der Waals surface area contributed by atoms with E-state index in [4.69, 9.17) is 0 Å². The zero-order valence-electron chi connectivity index (χ0n) is 4.40. The van der Waals surface area contributed by atoms with Gasteiger partial charge in [0.1, 0.15) is 0 Å². The molecule has 2 radical (unpaired) electrons. The van der Waals surface area contributed by atoms with E-state index in [1.165, 1.54) is 0 Å². The fourth-order valence-electron chi connectivity index (χ4n) is 0. The van der Waals surface area contributed by atoms with Crippen LogP contribution in [-0.2, 0) is 0 Å². The highest BCUT2D eigenvalue weighted by Gasteiger charge is 1.85. The van der Waals surface area contributed by atoms with Crippen molar-refractivity contribution in [1.82, 2.24) is 0 Å². The van der Waals surface area contributed by atoms with Gasteiger partial charge in [-0.05, 0) is 0 Å². The normalized spacial score (nSPS) is 12.0. The number of rotatable bonds is 1. The monoisotopic (exact) mass is 197 g/mol. The molecule has 0 heterocycles. The minimum atomic E-state index is 0.931. The van der Waals surface area contributed by atoms with Crippen molar-refractivity contribution in [2.45, 2.75) is 0 Å². The van der Waals surface area contributed by atoms with Crippen molar-refractivity contribution < 1.29 is 4.39 Å². The summed E-state index contributed by atoms with van der Waals surface area (Å²) in [5.74, 6) is 0. The lowest BCUT2D eigenvalue weighted by atomic mass is 10.3. The predicted molar refractivity (Wildman–Crippen MR) is 37.8 cm³/mol. The second kappa shape index (κ2) is 2.16. The van der Waals surface area contributed by atoms with Crippen LogP contribution in [0.2, 0.25) is 0 Å². The first-order valence-corrected chi connectivity index (χ1v) is 3.06. The summed E-state index contributed by atoms with van der Waals surface area (Å²) in [7, 11) is 6.35. The van der Waals surface area contributed by atoms with Crippen LogP contribution >= 0.6 is 22.4 Å². The second-order valence-corrected chi connectivity index (χ2v) is 2.77. The van der Waals surface area contributed by atoms with E-state index in [0.717, 1.165) is 4.39 Å². The topological polar surface area (TPSA) is 0 Å². The minimum Gasteiger partial charge on any atom is -0.558 e. The first-order chi connectivity index (χ1) is 2.56. The molecule has 6 heavy (non-hydrogen) atoms. The van der Waals surface area contributed by atoms with Crippen molar-refractivity contribution in [2.75, 3.05) is 21.1 Å². The van der Waals surface area contributed by atoms with Gasteiger partial charge in [0.05, 0.1) is 5.27 Å². The van der Waals surface area contributed by atoms with Gasteiger partial charge in [-0.1, -0.05) is 0 Å². The van der Waals surface area contributed by atoms with Crippen LogP contribution in [0.15, 0.2) is 0 Å². The van der Waals surface area contributed by atoms with Crippen LogP contribution in [0.5, 0.6) is 0 Å². The van der Waals surface area contributed by atoms with E-state index < -0.39 is 0 Å². The number of hydrogen-bond donors (Lipinski definition) is 0. The first-order valence-electron chi connectivity index (χ1n) is 1.82. The van der Waals surface area contributed by atoms with Crippen LogP contribution in [0.3, 0.4) is 0 Å². The smallest absolute Gasteiger partial charge is 0.0750 e. The molecular weight excluding hydrogens is 188 g/mol. The number of hydrogen-bond acceptors (Lipinski definition) is 0. The molecule has 0 fully saturated rings. The first kappa shape index (κ1) is 6.75. The van der Waals surface area contributed by atoms with Crippen LogP contribution in [0.4, 0.5) is 0 Å². The second-order valence-electron chi connectivity index (χ2n) is 2.21. The summed E-state index contributed by atoms with van der Waals surface area (Å²) < 4.78 is 0.931. The third kappa shape index (κ3) is 4.75. The number of quaternary nitrogens is 1. The average molecular weight is 197 g/mol. The van der Waals surface area contributed by atoms with Gasteiger partial charge in [-0.2, -0.15) is 0 Å². The molecule has 0 atom stereocenters. The lowest BCUT2D eigenvalue weighted by Gasteiger charge is -2.34. The zero-order valence-corrected chi connectivity index (χ0v) is 6.56. The molecule has 0 spiro atoms. The molecule has 0 aromatic rings. The molecule has 1 nitrogen and oxygen atoms in total. The van der Waals surface area contributed by atoms with Gasteiger partial charge in [0.2, 0.25) is 0 Å². The van der Waals surface area contributed by atoms with Crippen molar-refractivity contribution >= 4 is 27.6 Å². The van der Waals surface area contributed by atoms with Gasteiger partial charge in [0.25, 0.3) is 0 Å². The summed E-state index contributed by atoms with van der Waals surface area (Å²) in [6, 6.07) is 0. The van der Waals surface area contributed by atoms with E-state index in [1.807, 2.05) is 0 Å². The van der Waals surface area contributed by atoms with Gasteiger partial charge in [-0.15, -0.1) is 0 Å². The van der Waals surface area contributed by atoms with Gasteiger partial charge in [-0.25, -0.2) is 0 Å². The van der Waals surface area contributed by atoms with E-state index in [9.17, 15) is 0 Å². The van der Waals surface area contributed by atoms with E-state index in [-0.39, 0.29) is 0 Å². The van der Waals surface area contributed by atoms with E-state index in [1.54, 1.807) is 0 Å². The van der Waals surface area contributed by atoms with E-state index in [0.29, 0.717) is 0 Å². The molecule has 36 valence electrons. The molecule has 0 saturated heterocycles. The molecule has 0 N–H and O–H groups in total. The molecule has 0 saturated carbocycles. The lowest BCUT2D eigenvalue weighted by molar-refractivity contribution is -0.750. The summed E-state index contributed by atoms with van der Waals surface area (Å²) >= 11 is 2.24. The molecular formula is C3H9BIN. The Hall–Kier alpha value is 0.755. The van der Waals surface area contributed by atoms with Crippen molar-refractivity contribution in [2.24, 2.45) is 0 Å². The van der Waals surface area contributed by atoms with Crippen LogP contribution < -0.4 is 0 Å². The molecule has 0 aromatic heterocycles. The Morgan fingerprint density at radius 3 is 1.50 bits per heavy atom. The fraction of sp³-hybridized carbons (Fsp3) is 1.00. The summed E-state index contributed by atoms with van der Waals surface area (Å²) in [6.07, 6.45) is 0. The molecule has 0 aliphatic carbocycles. The predicted octanol–water partition coefficient (Wildman–Crippen LogP) is 0.662. The van der Waals surface area contributed by atoms with Crippen molar-refractivity contribution in [1.29, 1.82) is 0 Å². The summed E-state index contributed by atoms with van der Waals surface area (Å²) in [4.78, 5) is 0. The zero-order chi connectivity index (χ0) is 5.21. The highest BCUT2D eigenvalue weighted by molar-refractivity contribution is 14.1. The standard InChI is InChI=1S/C3H9BIN/c1-6(2,3)4-5/h1-3H3. The SMILES string of the molecule is C[N+](C)(C)[B-]I. The van der Waals surface area contributed by atoms with Crippen LogP contribution in [-0.4, -0.2) is 30.8 Å². The Labute approximate surface area is 53.4 Å². The molecule has 0 unspecified atom stereocenters. The quantitative estimate of drug-likeness (QED) is 0.427. The van der Waals surface area contributed by atoms with Gasteiger partial charge in [0.15, 0.2) is 0 Å². The lowest BCUT2D eigenvalue weighted by Crippen LogP contribution is -2.34. The van der Waals surface area contributed by atoms with Crippen LogP contribution in [0.25, 0.3) is 0 Å². The van der Waals surface area contributed by atoms with Gasteiger partial charge in [-0.3, -0.25) is 0 Å². The third-order valence-corrected chi connectivity index (χ3v) is 1.96. The van der Waals surface area contributed by atoms with E-state index in [2.05, 4.69) is 48.8 Å². The molecule has 0 aliphatic rings. The van der Waals surface area contributed by atoms with Crippen molar-refractivity contribution in [3.63, 3.8) is 0 Å². The molecule has 0 bridgehead atoms. The number of halogens is 1. The molecule has 0 amide bonds. The summed E-state index contributed by atoms with van der Waals surface area (Å²) in [5.41, 5.74) is 0. The van der Waals surface area contributed by atoms with Gasteiger partial charge < -0.3 is 26.8 Å². The molecule has 3 heteroatoms. The van der Waals surface area contributed by atoms with Crippen LogP contribution in [0, 0.1) is 0 Å². The maximum absolute atomic E-state index is 2.24. The van der Waals surface area contributed by atoms with Gasteiger partial charge >= 0.3 is 0 Å². The van der Waals surface area contributed by atoms with Crippen molar-refractivity contribution in [3.8, 4) is 0 Å². The Kier molecular flexibility index (Phi) is 2.44. The highest BCUT2D eigenvalue weighted by atomic mass is 127. The fourth-order valence-corrected chi connectivity index (χ4v) is 0. The Morgan fingerprint density at radius 1 is 1.33 bits per heavy atom. The maximum atomic E-state index is 2.24. The molecule has 0 aliphatic heterocycles. The maximum Gasteiger partial charge on any atom is 0.0750 e. The molecule has 0 aromatic carbocycles. The Morgan fingerprint density at radius 2 is 1.50 bits per heavy atom. The molecule has 0 rings (SSSR count).